The fourth-order valence-corrected chi connectivity index (χ4v) is 2.99. The molecule has 2 aromatic rings. The van der Waals surface area contributed by atoms with Crippen LogP contribution in [0.15, 0.2) is 42.5 Å². The number of nitrogens with one attached hydrogen (secondary N) is 1. The zero-order valence-corrected chi connectivity index (χ0v) is 14.5. The SMILES string of the molecule is CN(C)C(=O)c1ccccc1NC(=O)COc1ccc2c(c1)CCC2. The summed E-state index contributed by atoms with van der Waals surface area (Å²) in [5, 5.41) is 2.76. The van der Waals surface area contributed by atoms with Gasteiger partial charge in [0, 0.05) is 14.1 Å². The van der Waals surface area contributed by atoms with Gasteiger partial charge in [0.05, 0.1) is 11.3 Å². The molecule has 0 unspecified atom stereocenters. The molecule has 1 aliphatic rings. The zero-order chi connectivity index (χ0) is 17.8. The minimum atomic E-state index is -0.292. The summed E-state index contributed by atoms with van der Waals surface area (Å²) in [6.07, 6.45) is 3.36. The molecule has 1 aliphatic carbocycles. The highest BCUT2D eigenvalue weighted by Crippen LogP contribution is 2.26. The molecule has 130 valence electrons. The van der Waals surface area contributed by atoms with Crippen molar-refractivity contribution < 1.29 is 14.3 Å². The van der Waals surface area contributed by atoms with Crippen molar-refractivity contribution in [2.24, 2.45) is 0 Å². The summed E-state index contributed by atoms with van der Waals surface area (Å²) in [5.41, 5.74) is 3.62. The maximum Gasteiger partial charge on any atom is 0.262 e. The van der Waals surface area contributed by atoms with E-state index in [9.17, 15) is 9.59 Å². The van der Waals surface area contributed by atoms with E-state index in [4.69, 9.17) is 4.74 Å². The van der Waals surface area contributed by atoms with E-state index < -0.39 is 0 Å². The molecule has 2 aromatic carbocycles. The van der Waals surface area contributed by atoms with Gasteiger partial charge in [-0.1, -0.05) is 18.2 Å². The molecule has 3 rings (SSSR count). The van der Waals surface area contributed by atoms with Crippen LogP contribution < -0.4 is 10.1 Å². The number of nitrogens with zero attached hydrogens (tertiary/aromatic N) is 1. The number of benzene rings is 2. The number of rotatable bonds is 5. The van der Waals surface area contributed by atoms with Crippen LogP contribution in [0.3, 0.4) is 0 Å². The Kier molecular flexibility index (Phi) is 5.03. The highest BCUT2D eigenvalue weighted by Gasteiger charge is 2.15. The normalized spacial score (nSPS) is 12.4. The van der Waals surface area contributed by atoms with Crippen LogP contribution >= 0.6 is 0 Å². The van der Waals surface area contributed by atoms with Gasteiger partial charge in [-0.25, -0.2) is 0 Å². The Morgan fingerprint density at radius 1 is 1.08 bits per heavy atom. The molecule has 0 atom stereocenters. The molecular weight excluding hydrogens is 316 g/mol. The first-order valence-electron chi connectivity index (χ1n) is 8.40. The lowest BCUT2D eigenvalue weighted by atomic mass is 10.1. The molecule has 0 saturated heterocycles. The molecule has 2 amide bonds. The van der Waals surface area contributed by atoms with Crippen molar-refractivity contribution in [1.82, 2.24) is 4.90 Å². The average molecular weight is 338 g/mol. The highest BCUT2D eigenvalue weighted by molar-refractivity contribution is 6.03. The van der Waals surface area contributed by atoms with Crippen LogP contribution in [0.5, 0.6) is 5.75 Å². The van der Waals surface area contributed by atoms with Crippen LogP contribution in [0.4, 0.5) is 5.69 Å². The summed E-state index contributed by atoms with van der Waals surface area (Å²) in [7, 11) is 3.36. The molecule has 5 heteroatoms. The van der Waals surface area contributed by atoms with E-state index in [-0.39, 0.29) is 18.4 Å². The average Bonchev–Trinajstić information content (AvgIpc) is 3.07. The Bertz CT molecular complexity index is 799. The second kappa shape index (κ2) is 7.38. The summed E-state index contributed by atoms with van der Waals surface area (Å²) in [6, 6.07) is 12.9. The van der Waals surface area contributed by atoms with E-state index in [1.54, 1.807) is 38.4 Å². The maximum atomic E-state index is 12.2. The van der Waals surface area contributed by atoms with Gasteiger partial charge in [-0.15, -0.1) is 0 Å². The maximum absolute atomic E-state index is 12.2. The lowest BCUT2D eigenvalue weighted by Gasteiger charge is -2.15. The highest BCUT2D eigenvalue weighted by atomic mass is 16.5. The van der Waals surface area contributed by atoms with Crippen molar-refractivity contribution in [3.05, 3.63) is 59.2 Å². The molecule has 0 spiro atoms. The Hall–Kier alpha value is -2.82. The number of aryl methyl sites for hydroxylation is 2. The lowest BCUT2D eigenvalue weighted by Crippen LogP contribution is -2.25. The molecule has 25 heavy (non-hydrogen) atoms. The van der Waals surface area contributed by atoms with Gasteiger partial charge in [-0.05, 0) is 54.7 Å². The molecular formula is C20H22N2O3. The van der Waals surface area contributed by atoms with E-state index in [2.05, 4.69) is 11.4 Å². The number of amides is 2. The van der Waals surface area contributed by atoms with Gasteiger partial charge in [0.2, 0.25) is 0 Å². The molecule has 0 aliphatic heterocycles. The number of carbonyl (C=O) groups excluding carboxylic acids is 2. The number of hydrogen-bond acceptors (Lipinski definition) is 3. The molecule has 0 fully saturated rings. The van der Waals surface area contributed by atoms with Crippen LogP contribution in [0.1, 0.15) is 27.9 Å². The predicted molar refractivity (Wildman–Crippen MR) is 97.1 cm³/mol. The second-order valence-corrected chi connectivity index (χ2v) is 6.37. The Balaban J connectivity index is 1.62. The largest absolute Gasteiger partial charge is 0.484 e. The Morgan fingerprint density at radius 2 is 1.84 bits per heavy atom. The van der Waals surface area contributed by atoms with E-state index in [0.29, 0.717) is 17.0 Å². The topological polar surface area (TPSA) is 58.6 Å². The molecule has 0 saturated carbocycles. The summed E-state index contributed by atoms with van der Waals surface area (Å²) < 4.78 is 5.61. The van der Waals surface area contributed by atoms with Gasteiger partial charge in [0.15, 0.2) is 6.61 Å². The number of para-hydroxylation sites is 1. The number of hydrogen-bond donors (Lipinski definition) is 1. The number of anilines is 1. The lowest BCUT2D eigenvalue weighted by molar-refractivity contribution is -0.118. The number of carbonyl (C=O) groups is 2. The molecule has 0 radical (unpaired) electrons. The molecule has 0 heterocycles. The van der Waals surface area contributed by atoms with Gasteiger partial charge < -0.3 is 15.0 Å². The Morgan fingerprint density at radius 3 is 2.64 bits per heavy atom. The fraction of sp³-hybridized carbons (Fsp3) is 0.300. The van der Waals surface area contributed by atoms with E-state index in [1.807, 2.05) is 12.1 Å². The smallest absolute Gasteiger partial charge is 0.262 e. The van der Waals surface area contributed by atoms with E-state index in [0.717, 1.165) is 12.8 Å². The quantitative estimate of drug-likeness (QED) is 0.912. The van der Waals surface area contributed by atoms with Crippen molar-refractivity contribution in [3.63, 3.8) is 0 Å². The van der Waals surface area contributed by atoms with E-state index in [1.165, 1.54) is 22.4 Å². The summed E-state index contributed by atoms with van der Waals surface area (Å²) in [6.45, 7) is -0.0940. The van der Waals surface area contributed by atoms with Gasteiger partial charge in [-0.2, -0.15) is 0 Å². The second-order valence-electron chi connectivity index (χ2n) is 6.37. The number of fused-ring (bicyclic) bond motifs is 1. The molecule has 5 nitrogen and oxygen atoms in total. The monoisotopic (exact) mass is 338 g/mol. The van der Waals surface area contributed by atoms with Crippen LogP contribution in [0.2, 0.25) is 0 Å². The van der Waals surface area contributed by atoms with Crippen molar-refractivity contribution in [3.8, 4) is 5.75 Å². The molecule has 0 bridgehead atoms. The van der Waals surface area contributed by atoms with Crippen LogP contribution in [-0.4, -0.2) is 37.4 Å². The van der Waals surface area contributed by atoms with E-state index >= 15 is 0 Å². The van der Waals surface area contributed by atoms with Crippen molar-refractivity contribution in [1.29, 1.82) is 0 Å². The minimum Gasteiger partial charge on any atom is -0.484 e. The summed E-state index contributed by atoms with van der Waals surface area (Å²) in [5.74, 6) is 0.253. The third kappa shape index (κ3) is 3.99. The van der Waals surface area contributed by atoms with Crippen LogP contribution in [0.25, 0.3) is 0 Å². The van der Waals surface area contributed by atoms with Gasteiger partial charge in [0.25, 0.3) is 11.8 Å². The molecule has 0 aromatic heterocycles. The zero-order valence-electron chi connectivity index (χ0n) is 14.5. The first-order valence-corrected chi connectivity index (χ1v) is 8.40. The fourth-order valence-electron chi connectivity index (χ4n) is 2.99. The first-order chi connectivity index (χ1) is 12.0. The van der Waals surface area contributed by atoms with Gasteiger partial charge in [-0.3, -0.25) is 9.59 Å². The van der Waals surface area contributed by atoms with Crippen molar-refractivity contribution in [2.45, 2.75) is 19.3 Å². The Labute approximate surface area is 147 Å². The summed E-state index contributed by atoms with van der Waals surface area (Å²) >= 11 is 0. The minimum absolute atomic E-state index is 0.0940. The van der Waals surface area contributed by atoms with Gasteiger partial charge in [0.1, 0.15) is 5.75 Å². The third-order valence-corrected chi connectivity index (χ3v) is 4.28. The summed E-state index contributed by atoms with van der Waals surface area (Å²) in [4.78, 5) is 25.9. The number of ether oxygens (including phenoxy) is 1. The van der Waals surface area contributed by atoms with Crippen LogP contribution in [0, 0.1) is 0 Å². The van der Waals surface area contributed by atoms with Crippen molar-refractivity contribution >= 4 is 17.5 Å². The molecule has 1 N–H and O–H groups in total. The van der Waals surface area contributed by atoms with Crippen LogP contribution in [-0.2, 0) is 17.6 Å². The first kappa shape index (κ1) is 17.0. The third-order valence-electron chi connectivity index (χ3n) is 4.28. The predicted octanol–water partition coefficient (Wildman–Crippen LogP) is 2.89. The van der Waals surface area contributed by atoms with Crippen molar-refractivity contribution in [2.75, 3.05) is 26.0 Å². The standard InChI is InChI=1S/C20H22N2O3/c1-22(2)20(24)17-8-3-4-9-18(17)21-19(23)13-25-16-11-10-14-6-5-7-15(14)12-16/h3-4,8-12H,5-7,13H2,1-2H3,(H,21,23). The van der Waals surface area contributed by atoms with Gasteiger partial charge >= 0.3 is 0 Å².